The molecule has 0 saturated heterocycles. The molecule has 4 N–H and O–H groups in total. The number of halogens is 3. The second kappa shape index (κ2) is 13.9. The summed E-state index contributed by atoms with van der Waals surface area (Å²) in [6.07, 6.45) is 0.0161. The Morgan fingerprint density at radius 3 is 2.33 bits per heavy atom. The van der Waals surface area contributed by atoms with Crippen LogP contribution in [0.3, 0.4) is 0 Å². The molecule has 3 aromatic rings. The molecule has 3 atom stereocenters. The molecule has 0 fully saturated rings. The van der Waals surface area contributed by atoms with E-state index in [1.165, 1.54) is 26.2 Å². The average Bonchev–Trinajstić information content (AvgIpc) is 3.42. The fourth-order valence-electron chi connectivity index (χ4n) is 3.78. The number of ether oxygens (including phenoxy) is 2. The Morgan fingerprint density at radius 2 is 1.74 bits per heavy atom. The van der Waals surface area contributed by atoms with Crippen LogP contribution in [0, 0.1) is 11.6 Å². The number of carbonyl (C=O) groups is 3. The van der Waals surface area contributed by atoms with E-state index in [0.717, 1.165) is 18.2 Å². The Bertz CT molecular complexity index is 1550. The van der Waals surface area contributed by atoms with Gasteiger partial charge in [-0.05, 0) is 57.2 Å². The van der Waals surface area contributed by atoms with E-state index in [0.29, 0.717) is 11.8 Å². The summed E-state index contributed by atoms with van der Waals surface area (Å²) >= 11 is 6.07. The van der Waals surface area contributed by atoms with E-state index in [9.17, 15) is 31.6 Å². The summed E-state index contributed by atoms with van der Waals surface area (Å²) in [6.45, 7) is 4.18. The van der Waals surface area contributed by atoms with Crippen molar-refractivity contribution in [3.8, 4) is 0 Å². The van der Waals surface area contributed by atoms with Crippen LogP contribution in [0.15, 0.2) is 58.0 Å². The molecular weight excluding hydrogens is 600 g/mol. The molecule has 0 saturated carbocycles. The van der Waals surface area contributed by atoms with Crippen molar-refractivity contribution in [3.05, 3.63) is 82.3 Å². The van der Waals surface area contributed by atoms with Gasteiger partial charge < -0.3 is 24.5 Å². The minimum absolute atomic E-state index is 0.0871. The molecule has 1 unspecified atom stereocenters. The number of anilines is 1. The highest BCUT2D eigenvalue weighted by molar-refractivity contribution is 7.89. The van der Waals surface area contributed by atoms with Gasteiger partial charge in [0.25, 0.3) is 0 Å². The Labute approximate surface area is 245 Å². The largest absolute Gasteiger partial charge is 0.467 e. The number of nitrogens with two attached hydrogens (primary N) is 1. The van der Waals surface area contributed by atoms with E-state index >= 15 is 0 Å². The first-order valence-corrected chi connectivity index (χ1v) is 14.3. The maximum atomic E-state index is 13.5. The molecule has 42 heavy (non-hydrogen) atoms. The number of esters is 2. The van der Waals surface area contributed by atoms with Crippen LogP contribution in [0.2, 0.25) is 5.02 Å². The molecule has 3 rings (SSSR count). The van der Waals surface area contributed by atoms with Crippen LogP contribution in [0.5, 0.6) is 0 Å². The quantitative estimate of drug-likeness (QED) is 0.187. The Balaban J connectivity index is 1.62. The first kappa shape index (κ1) is 32.7. The van der Waals surface area contributed by atoms with Crippen LogP contribution in [-0.2, 0) is 30.8 Å². The van der Waals surface area contributed by atoms with Gasteiger partial charge in [0.2, 0.25) is 10.0 Å². The molecule has 0 radical (unpaired) electrons. The zero-order valence-electron chi connectivity index (χ0n) is 22.7. The summed E-state index contributed by atoms with van der Waals surface area (Å²) in [5, 5.41) is 10.7. The first-order valence-electron chi connectivity index (χ1n) is 12.4. The Morgan fingerprint density at radius 1 is 1.07 bits per heavy atom. The average molecular weight is 628 g/mol. The summed E-state index contributed by atoms with van der Waals surface area (Å²) in [7, 11) is -4.31. The number of primary sulfonamides is 1. The summed E-state index contributed by atoms with van der Waals surface area (Å²) < 4.78 is 66.5. The molecule has 226 valence electrons. The van der Waals surface area contributed by atoms with Crippen molar-refractivity contribution in [1.29, 1.82) is 0 Å². The van der Waals surface area contributed by atoms with E-state index < -0.39 is 62.5 Å². The van der Waals surface area contributed by atoms with Crippen molar-refractivity contribution in [2.24, 2.45) is 5.14 Å². The lowest BCUT2D eigenvalue weighted by Gasteiger charge is -2.20. The topological polar surface area (TPSA) is 167 Å². The Kier molecular flexibility index (Phi) is 10.8. The van der Waals surface area contributed by atoms with Crippen LogP contribution in [0.1, 0.15) is 47.2 Å². The lowest BCUT2D eigenvalue weighted by molar-refractivity contribution is -0.153. The number of hydrogen-bond acceptors (Lipinski definition) is 10. The Hall–Kier alpha value is -3.85. The van der Waals surface area contributed by atoms with Crippen LogP contribution in [0.25, 0.3) is 0 Å². The zero-order chi connectivity index (χ0) is 31.2. The molecule has 15 heteroatoms. The summed E-state index contributed by atoms with van der Waals surface area (Å²) in [4.78, 5) is 37.5. The number of furan rings is 1. The van der Waals surface area contributed by atoms with E-state index in [1.807, 2.05) is 0 Å². The van der Waals surface area contributed by atoms with Gasteiger partial charge in [0.1, 0.15) is 28.9 Å². The molecule has 0 bridgehead atoms. The maximum Gasteiger partial charge on any atom is 0.347 e. The monoisotopic (exact) mass is 627 g/mol. The van der Waals surface area contributed by atoms with Gasteiger partial charge in [-0.1, -0.05) is 11.6 Å². The molecule has 0 aliphatic heterocycles. The van der Waals surface area contributed by atoms with E-state index in [-0.39, 0.29) is 35.0 Å². The zero-order valence-corrected chi connectivity index (χ0v) is 24.2. The molecule has 2 aromatic carbocycles. The van der Waals surface area contributed by atoms with E-state index in [4.69, 9.17) is 30.6 Å². The minimum Gasteiger partial charge on any atom is -0.467 e. The highest BCUT2D eigenvalue weighted by Gasteiger charge is 2.26. The van der Waals surface area contributed by atoms with Gasteiger partial charge in [-0.2, -0.15) is 0 Å². The second-order valence-electron chi connectivity index (χ2n) is 9.30. The van der Waals surface area contributed by atoms with Crippen molar-refractivity contribution in [2.75, 3.05) is 11.9 Å². The van der Waals surface area contributed by atoms with Gasteiger partial charge in [0.05, 0.1) is 35.1 Å². The molecule has 0 amide bonds. The molecular formula is C27H28ClF2N3O8S. The number of hydrogen-bond donors (Lipinski definition) is 3. The molecule has 1 heterocycles. The van der Waals surface area contributed by atoms with Gasteiger partial charge in [0, 0.05) is 17.7 Å². The fourth-order valence-corrected chi connectivity index (χ4v) is 4.87. The normalized spacial score (nSPS) is 13.6. The van der Waals surface area contributed by atoms with Crippen LogP contribution in [0.4, 0.5) is 14.5 Å². The third kappa shape index (κ3) is 8.82. The first-order chi connectivity index (χ1) is 19.6. The molecule has 1 aromatic heterocycles. The predicted molar refractivity (Wildman–Crippen MR) is 147 cm³/mol. The molecule has 11 nitrogen and oxygen atoms in total. The van der Waals surface area contributed by atoms with Crippen molar-refractivity contribution in [2.45, 2.75) is 50.4 Å². The lowest BCUT2D eigenvalue weighted by Crippen LogP contribution is -2.43. The number of Topliss-reactive ketones (excluding diaryl/α,β-unsaturated/α-hetero) is 1. The molecule has 0 aliphatic carbocycles. The van der Waals surface area contributed by atoms with Gasteiger partial charge in [0.15, 0.2) is 11.9 Å². The van der Waals surface area contributed by atoms with Crippen molar-refractivity contribution >= 4 is 45.0 Å². The molecule has 0 aliphatic rings. The number of rotatable bonds is 13. The van der Waals surface area contributed by atoms with Gasteiger partial charge in [-0.3, -0.25) is 4.79 Å². The summed E-state index contributed by atoms with van der Waals surface area (Å²) in [5.74, 6) is -3.87. The number of carbonyl (C=O) groups excluding carboxylic acids is 3. The third-order valence-electron chi connectivity index (χ3n) is 5.80. The van der Waals surface area contributed by atoms with Crippen molar-refractivity contribution in [1.82, 2.24) is 5.32 Å². The minimum atomic E-state index is -4.31. The summed E-state index contributed by atoms with van der Waals surface area (Å²) in [6, 6.07) is 6.43. The SMILES string of the molecule is CC(OC(=O)c1cc(S(N)(=O)=O)c(Cl)cc1NCc1ccco1)C(=O)OC[C@@H](C)N[C@H](C)C(=O)c1cc(F)cc(F)c1. The standard InChI is InChI=1S/C27H28ClF2N3O8S/c1-14(33-15(2)25(34)17-7-18(29)9-19(30)8-17)13-40-26(35)16(3)41-27(36)21-10-24(42(31,37)38)22(28)11-23(21)32-12-20-5-4-6-39-20/h4-11,14-16,32-33H,12-13H2,1-3H3,(H2,31,37,38)/t14-,15-,16?/m1/s1. The number of nitrogens with one attached hydrogen (secondary N) is 2. The number of benzene rings is 2. The van der Waals surface area contributed by atoms with E-state index in [1.54, 1.807) is 19.1 Å². The van der Waals surface area contributed by atoms with Crippen LogP contribution < -0.4 is 15.8 Å². The highest BCUT2D eigenvalue weighted by atomic mass is 35.5. The smallest absolute Gasteiger partial charge is 0.347 e. The van der Waals surface area contributed by atoms with Crippen molar-refractivity contribution < 1.29 is 45.5 Å². The van der Waals surface area contributed by atoms with Crippen LogP contribution in [-0.4, -0.2) is 50.9 Å². The van der Waals surface area contributed by atoms with Gasteiger partial charge in [-0.15, -0.1) is 0 Å². The lowest BCUT2D eigenvalue weighted by atomic mass is 10.0. The fraction of sp³-hybridized carbons (Fsp3) is 0.296. The molecule has 0 spiro atoms. The second-order valence-corrected chi connectivity index (χ2v) is 11.2. The van der Waals surface area contributed by atoms with Crippen molar-refractivity contribution in [3.63, 3.8) is 0 Å². The highest BCUT2D eigenvalue weighted by Crippen LogP contribution is 2.29. The number of sulfonamides is 1. The third-order valence-corrected chi connectivity index (χ3v) is 7.17. The van der Waals surface area contributed by atoms with Crippen LogP contribution >= 0.6 is 11.6 Å². The predicted octanol–water partition coefficient (Wildman–Crippen LogP) is 3.81. The van der Waals surface area contributed by atoms with Gasteiger partial charge >= 0.3 is 11.9 Å². The van der Waals surface area contributed by atoms with E-state index in [2.05, 4.69) is 10.6 Å². The summed E-state index contributed by atoms with van der Waals surface area (Å²) in [5.41, 5.74) is -0.349. The number of ketones is 1. The van der Waals surface area contributed by atoms with Gasteiger partial charge in [-0.25, -0.2) is 31.9 Å². The maximum absolute atomic E-state index is 13.5.